The number of aromatic nitrogens is 4. The molecule has 0 saturated heterocycles. The highest BCUT2D eigenvalue weighted by Gasteiger charge is 2.24. The summed E-state index contributed by atoms with van der Waals surface area (Å²) >= 11 is 0. The molecule has 0 amide bonds. The highest BCUT2D eigenvalue weighted by Crippen LogP contribution is 2.47. The van der Waals surface area contributed by atoms with Gasteiger partial charge in [-0.25, -0.2) is 17.6 Å². The van der Waals surface area contributed by atoms with Crippen molar-refractivity contribution in [1.82, 2.24) is 18.3 Å². The Morgan fingerprint density at radius 1 is 0.191 bits per heavy atom. The Kier molecular flexibility index (Phi) is 12.4. The molecule has 14 aromatic carbocycles. The van der Waals surface area contributed by atoms with E-state index in [0.29, 0.717) is 0 Å². The number of halogens is 4. The second-order valence-corrected chi connectivity index (χ2v) is 24.6. The van der Waals surface area contributed by atoms with Crippen LogP contribution in [0.1, 0.15) is 11.1 Å². The zero-order valence-electron chi connectivity index (χ0n) is 51.0. The monoisotopic (exact) mass is 1220 g/mol. The van der Waals surface area contributed by atoms with E-state index < -0.39 is 0 Å². The standard InChI is InChI=1S/C86H54F4N4/c1-51-71(55-21-41-85-77(45-55)69-13-5-9-17-81(69)93(85)65-35-27-61(89)28-36-65)47-57(53-19-39-83-75(43-53)67-11-3-7-15-79(67)91(83)63-31-23-59(87)24-32-63)49-73(51)74-50-58(54-20-40-84-76(44-54)68-12-4-8-16-80(68)92(84)64-33-25-60(88)26-34-64)48-72(52(74)2)56-22-42-86-78(46-56)70-14-6-10-18-82(70)94(86)66-37-29-62(90)30-38-66/h3-50H,1-2H3. The molecule has 0 N–H and O–H groups in total. The number of hydrogen-bond acceptors (Lipinski definition) is 0. The third kappa shape index (κ3) is 8.67. The van der Waals surface area contributed by atoms with Crippen LogP contribution >= 0.6 is 0 Å². The second kappa shape index (κ2) is 21.3. The quantitative estimate of drug-likeness (QED) is 0.128. The third-order valence-corrected chi connectivity index (χ3v) is 19.4. The van der Waals surface area contributed by atoms with Crippen LogP contribution in [0.15, 0.2) is 291 Å². The molecular formula is C86H54F4N4. The maximum Gasteiger partial charge on any atom is 0.123 e. The Morgan fingerprint density at radius 2 is 0.415 bits per heavy atom. The van der Waals surface area contributed by atoms with Crippen LogP contribution in [0.25, 0.3) is 166 Å². The minimum absolute atomic E-state index is 0.288. The zero-order chi connectivity index (χ0) is 63.0. The van der Waals surface area contributed by atoms with Crippen LogP contribution in [-0.2, 0) is 0 Å². The normalized spacial score (nSPS) is 11.9. The molecule has 0 radical (unpaired) electrons. The summed E-state index contributed by atoms with van der Waals surface area (Å²) in [5.74, 6) is -1.15. The molecule has 0 aliphatic rings. The van der Waals surface area contributed by atoms with Gasteiger partial charge in [0, 0.05) is 65.8 Å². The number of hydrogen-bond donors (Lipinski definition) is 0. The van der Waals surface area contributed by atoms with Gasteiger partial charge in [0.2, 0.25) is 0 Å². The van der Waals surface area contributed by atoms with Crippen molar-refractivity contribution in [2.24, 2.45) is 0 Å². The molecule has 0 spiro atoms. The van der Waals surface area contributed by atoms with E-state index in [9.17, 15) is 17.6 Å². The topological polar surface area (TPSA) is 19.7 Å². The van der Waals surface area contributed by atoms with Gasteiger partial charge < -0.3 is 18.3 Å². The lowest BCUT2D eigenvalue weighted by Crippen LogP contribution is -1.97. The smallest absolute Gasteiger partial charge is 0.123 e. The fourth-order valence-electron chi connectivity index (χ4n) is 15.0. The van der Waals surface area contributed by atoms with E-state index in [1.807, 2.05) is 60.7 Å². The molecule has 0 saturated carbocycles. The van der Waals surface area contributed by atoms with E-state index in [-0.39, 0.29) is 23.3 Å². The van der Waals surface area contributed by atoms with Gasteiger partial charge in [0.1, 0.15) is 23.3 Å². The van der Waals surface area contributed by atoms with Gasteiger partial charge in [0.25, 0.3) is 0 Å². The molecular weight excluding hydrogens is 1160 g/mol. The van der Waals surface area contributed by atoms with Crippen molar-refractivity contribution in [1.29, 1.82) is 0 Å². The SMILES string of the molecule is Cc1c(-c2ccc3c(c2)c2ccccc2n3-c2ccc(F)cc2)cc(-c2ccc3c(c2)c2ccccc2n3-c2ccc(F)cc2)cc1-c1cc(-c2ccc3c(c2)c2ccccc2n3-c2ccc(F)cc2)cc(-c2ccc3c(c2)c2ccccc2n3-c2ccc(F)cc2)c1C. The van der Waals surface area contributed by atoms with Gasteiger partial charge >= 0.3 is 0 Å². The van der Waals surface area contributed by atoms with E-state index in [2.05, 4.69) is 214 Å². The highest BCUT2D eigenvalue weighted by atomic mass is 19.1. The van der Waals surface area contributed by atoms with Gasteiger partial charge in [0.15, 0.2) is 0 Å². The fourth-order valence-corrected chi connectivity index (χ4v) is 15.0. The molecule has 4 nitrogen and oxygen atoms in total. The first kappa shape index (κ1) is 54.9. The van der Waals surface area contributed by atoms with E-state index in [1.54, 1.807) is 0 Å². The maximum absolute atomic E-state index is 14.5. The molecule has 0 atom stereocenters. The first-order valence-corrected chi connectivity index (χ1v) is 31.5. The summed E-state index contributed by atoms with van der Waals surface area (Å²) in [6.45, 7) is 4.50. The summed E-state index contributed by atoms with van der Waals surface area (Å²) in [7, 11) is 0. The largest absolute Gasteiger partial charge is 0.309 e. The number of nitrogens with zero attached hydrogens (tertiary/aromatic N) is 4. The van der Waals surface area contributed by atoms with E-state index in [0.717, 1.165) is 177 Å². The molecule has 8 heteroatoms. The van der Waals surface area contributed by atoms with Crippen molar-refractivity contribution in [3.05, 3.63) is 326 Å². The Balaban J connectivity index is 0.901. The van der Waals surface area contributed by atoms with Gasteiger partial charge in [-0.3, -0.25) is 0 Å². The molecule has 0 fully saturated rings. The van der Waals surface area contributed by atoms with Crippen LogP contribution in [0.4, 0.5) is 17.6 Å². The summed E-state index contributed by atoms with van der Waals surface area (Å²) in [4.78, 5) is 0. The van der Waals surface area contributed by atoms with E-state index in [1.165, 1.54) is 48.5 Å². The summed E-state index contributed by atoms with van der Waals surface area (Å²) in [6, 6.07) is 96.8. The van der Waals surface area contributed by atoms with Crippen molar-refractivity contribution in [3.63, 3.8) is 0 Å². The molecule has 18 rings (SSSR count). The van der Waals surface area contributed by atoms with Crippen LogP contribution < -0.4 is 0 Å². The van der Waals surface area contributed by atoms with Crippen molar-refractivity contribution in [2.75, 3.05) is 0 Å². The van der Waals surface area contributed by atoms with Gasteiger partial charge in [-0.1, -0.05) is 97.1 Å². The lowest BCUT2D eigenvalue weighted by molar-refractivity contribution is 0.627. The number of rotatable bonds is 9. The Labute approximate surface area is 537 Å². The first-order chi connectivity index (χ1) is 46.1. The van der Waals surface area contributed by atoms with Crippen molar-refractivity contribution >= 4 is 87.2 Å². The van der Waals surface area contributed by atoms with Crippen LogP contribution in [0, 0.1) is 37.1 Å². The first-order valence-electron chi connectivity index (χ1n) is 31.5. The summed E-state index contributed by atoms with van der Waals surface area (Å²) in [6.07, 6.45) is 0. The van der Waals surface area contributed by atoms with Crippen LogP contribution in [-0.4, -0.2) is 18.3 Å². The van der Waals surface area contributed by atoms with Crippen molar-refractivity contribution in [2.45, 2.75) is 13.8 Å². The second-order valence-electron chi connectivity index (χ2n) is 24.6. The molecule has 0 aliphatic heterocycles. The molecule has 94 heavy (non-hydrogen) atoms. The van der Waals surface area contributed by atoms with Crippen molar-refractivity contribution in [3.8, 4) is 78.4 Å². The Bertz CT molecular complexity index is 5770. The van der Waals surface area contributed by atoms with Crippen LogP contribution in [0.2, 0.25) is 0 Å². The number of para-hydroxylation sites is 4. The Hall–Kier alpha value is -12.0. The predicted octanol–water partition coefficient (Wildman–Crippen LogP) is 23.6. The average molecular weight is 1220 g/mol. The number of benzene rings is 14. The van der Waals surface area contributed by atoms with Gasteiger partial charge in [-0.2, -0.15) is 0 Å². The highest BCUT2D eigenvalue weighted by molar-refractivity contribution is 6.15. The van der Waals surface area contributed by atoms with Crippen molar-refractivity contribution < 1.29 is 17.6 Å². The molecule has 0 aliphatic carbocycles. The summed E-state index contributed by atoms with van der Waals surface area (Å²) in [5, 5.41) is 8.64. The van der Waals surface area contributed by atoms with Crippen LogP contribution in [0.3, 0.4) is 0 Å². The zero-order valence-corrected chi connectivity index (χ0v) is 51.0. The Morgan fingerprint density at radius 3 is 0.691 bits per heavy atom. The van der Waals surface area contributed by atoms with Crippen LogP contribution in [0.5, 0.6) is 0 Å². The molecule has 18 aromatic rings. The predicted molar refractivity (Wildman–Crippen MR) is 380 cm³/mol. The summed E-state index contributed by atoms with van der Waals surface area (Å²) < 4.78 is 66.9. The molecule has 446 valence electrons. The maximum atomic E-state index is 14.5. The van der Waals surface area contributed by atoms with E-state index in [4.69, 9.17) is 0 Å². The summed E-state index contributed by atoms with van der Waals surface area (Å²) in [5.41, 5.74) is 24.3. The fraction of sp³-hybridized carbons (Fsp3) is 0.0233. The molecule has 4 heterocycles. The average Bonchev–Trinajstić information content (AvgIpc) is 1.51. The lowest BCUT2D eigenvalue weighted by Gasteiger charge is -2.21. The van der Waals surface area contributed by atoms with E-state index >= 15 is 0 Å². The molecule has 4 aromatic heterocycles. The third-order valence-electron chi connectivity index (χ3n) is 19.4. The molecule has 0 bridgehead atoms. The molecule has 0 unspecified atom stereocenters. The number of fused-ring (bicyclic) bond motifs is 12. The lowest BCUT2D eigenvalue weighted by atomic mass is 9.83. The minimum atomic E-state index is -0.288. The van der Waals surface area contributed by atoms with Gasteiger partial charge in [-0.15, -0.1) is 0 Å². The van der Waals surface area contributed by atoms with Gasteiger partial charge in [-0.05, 0) is 275 Å². The minimum Gasteiger partial charge on any atom is -0.309 e. The van der Waals surface area contributed by atoms with Gasteiger partial charge in [0.05, 0.1) is 44.1 Å².